The van der Waals surface area contributed by atoms with Gasteiger partial charge in [-0.1, -0.05) is 35.9 Å². The quantitative estimate of drug-likeness (QED) is 0.722. The lowest BCUT2D eigenvalue weighted by molar-refractivity contribution is 0.300. The molecule has 1 unspecified atom stereocenters. The molecule has 1 heterocycles. The molecule has 0 amide bonds. The first kappa shape index (κ1) is 16.4. The summed E-state index contributed by atoms with van der Waals surface area (Å²) in [4.78, 5) is 4.49. The lowest BCUT2D eigenvalue weighted by atomic mass is 10.1. The van der Waals surface area contributed by atoms with Gasteiger partial charge in [-0.15, -0.1) is 0 Å². The van der Waals surface area contributed by atoms with Crippen molar-refractivity contribution in [2.75, 3.05) is 13.2 Å². The van der Waals surface area contributed by atoms with Crippen LogP contribution in [0.1, 0.15) is 18.9 Å². The van der Waals surface area contributed by atoms with Crippen LogP contribution < -0.4 is 4.74 Å². The van der Waals surface area contributed by atoms with Gasteiger partial charge in [0.05, 0.1) is 13.2 Å². The van der Waals surface area contributed by atoms with Crippen LogP contribution in [-0.4, -0.2) is 18.9 Å². The minimum Gasteiger partial charge on any atom is -0.494 e. The number of rotatable bonds is 6. The van der Waals surface area contributed by atoms with Gasteiger partial charge >= 0.3 is 0 Å². The van der Waals surface area contributed by atoms with Crippen LogP contribution in [0.3, 0.4) is 0 Å². The van der Waals surface area contributed by atoms with Crippen molar-refractivity contribution >= 4 is 5.71 Å². The van der Waals surface area contributed by atoms with Gasteiger partial charge in [0.15, 0.2) is 0 Å². The topological polar surface area (TPSA) is 21.6 Å². The van der Waals surface area contributed by atoms with E-state index in [0.29, 0.717) is 6.61 Å². The molecule has 0 N–H and O–H groups in total. The molecule has 0 spiro atoms. The molecule has 1 aliphatic carbocycles. The second-order valence-corrected chi connectivity index (χ2v) is 6.22. The predicted octanol–water partition coefficient (Wildman–Crippen LogP) is 4.99. The van der Waals surface area contributed by atoms with E-state index in [9.17, 15) is 4.39 Å². The monoisotopic (exact) mass is 323 g/mol. The number of aliphatic imine (C=N–C) groups is 1. The van der Waals surface area contributed by atoms with Crippen molar-refractivity contribution in [2.24, 2.45) is 10.9 Å². The Kier molecular flexibility index (Phi) is 5.42. The molecule has 124 valence electrons. The van der Waals surface area contributed by atoms with Gasteiger partial charge in [0, 0.05) is 18.1 Å². The van der Waals surface area contributed by atoms with Crippen molar-refractivity contribution in [3.63, 3.8) is 0 Å². The van der Waals surface area contributed by atoms with Gasteiger partial charge in [-0.25, -0.2) is 4.39 Å². The fraction of sp³-hybridized carbons (Fsp3) is 0.286. The summed E-state index contributed by atoms with van der Waals surface area (Å²) in [5, 5.41) is 0. The Morgan fingerprint density at radius 3 is 2.79 bits per heavy atom. The van der Waals surface area contributed by atoms with Gasteiger partial charge in [0.1, 0.15) is 11.6 Å². The third-order valence-electron chi connectivity index (χ3n) is 4.07. The summed E-state index contributed by atoms with van der Waals surface area (Å²) < 4.78 is 19.1. The molecule has 1 aromatic carbocycles. The highest BCUT2D eigenvalue weighted by molar-refractivity contribution is 5.98. The molecular formula is C21H22FNO. The number of hydrogen-bond acceptors (Lipinski definition) is 2. The molecule has 1 aliphatic heterocycles. The molecule has 2 nitrogen and oxygen atoms in total. The zero-order chi connectivity index (χ0) is 16.8. The minimum absolute atomic E-state index is 0.0784. The summed E-state index contributed by atoms with van der Waals surface area (Å²) in [6, 6.07) is 8.13. The first-order valence-corrected chi connectivity index (χ1v) is 8.33. The highest BCUT2D eigenvalue weighted by Gasteiger charge is 2.07. The van der Waals surface area contributed by atoms with Gasteiger partial charge in [-0.3, -0.25) is 4.99 Å². The fourth-order valence-electron chi connectivity index (χ4n) is 2.78. The van der Waals surface area contributed by atoms with E-state index in [1.54, 1.807) is 12.2 Å². The van der Waals surface area contributed by atoms with E-state index in [4.69, 9.17) is 4.74 Å². The van der Waals surface area contributed by atoms with E-state index in [1.165, 1.54) is 17.2 Å². The molecule has 24 heavy (non-hydrogen) atoms. The molecule has 0 saturated carbocycles. The van der Waals surface area contributed by atoms with Crippen LogP contribution in [0.15, 0.2) is 77.1 Å². The molecule has 1 atom stereocenters. The summed E-state index contributed by atoms with van der Waals surface area (Å²) in [6.07, 6.45) is 12.5. The molecular weight excluding hydrogens is 301 g/mol. The van der Waals surface area contributed by atoms with Crippen LogP contribution in [0.25, 0.3) is 0 Å². The van der Waals surface area contributed by atoms with Gasteiger partial charge < -0.3 is 4.74 Å². The Morgan fingerprint density at radius 1 is 1.21 bits per heavy atom. The zero-order valence-corrected chi connectivity index (χ0v) is 13.9. The zero-order valence-electron chi connectivity index (χ0n) is 13.9. The summed E-state index contributed by atoms with van der Waals surface area (Å²) in [5.41, 5.74) is 3.69. The Bertz CT molecular complexity index is 723. The van der Waals surface area contributed by atoms with Crippen molar-refractivity contribution in [1.29, 1.82) is 0 Å². The first-order chi connectivity index (χ1) is 11.7. The number of ether oxygens (including phenoxy) is 1. The Morgan fingerprint density at radius 2 is 2.04 bits per heavy atom. The maximum atomic E-state index is 13.4. The van der Waals surface area contributed by atoms with Gasteiger partial charge in [0.25, 0.3) is 0 Å². The number of hydrogen-bond donors (Lipinski definition) is 0. The van der Waals surface area contributed by atoms with Crippen molar-refractivity contribution in [1.82, 2.24) is 0 Å². The molecule has 0 radical (unpaired) electrons. The maximum Gasteiger partial charge on any atom is 0.119 e. The van der Waals surface area contributed by atoms with Crippen molar-refractivity contribution in [3.05, 3.63) is 77.7 Å². The average molecular weight is 323 g/mol. The summed E-state index contributed by atoms with van der Waals surface area (Å²) in [6.45, 7) is 3.50. The SMILES string of the molecule is CC1=CC(Cc2ccc(OCCC3C=CC=CC(F)=C3)cc2)=NC1. The average Bonchev–Trinajstić information content (AvgIpc) is 2.85. The fourth-order valence-corrected chi connectivity index (χ4v) is 2.78. The second kappa shape index (κ2) is 7.91. The standard InChI is InChI=1S/C21H22FNO/c1-16-12-20(23-15-16)14-18-6-8-21(9-7-18)24-11-10-17-4-2-3-5-19(22)13-17/h2-9,12-13,17H,10-11,14-15H2,1H3. The van der Waals surface area contributed by atoms with E-state index in [0.717, 1.165) is 30.8 Å². The first-order valence-electron chi connectivity index (χ1n) is 8.33. The predicted molar refractivity (Wildman–Crippen MR) is 97.3 cm³/mol. The van der Waals surface area contributed by atoms with Crippen molar-refractivity contribution < 1.29 is 9.13 Å². The maximum absolute atomic E-state index is 13.4. The number of nitrogens with zero attached hydrogens (tertiary/aromatic N) is 1. The smallest absolute Gasteiger partial charge is 0.119 e. The van der Waals surface area contributed by atoms with Crippen LogP contribution in [0.2, 0.25) is 0 Å². The van der Waals surface area contributed by atoms with Crippen LogP contribution in [0.4, 0.5) is 4.39 Å². The minimum atomic E-state index is -0.187. The van der Waals surface area contributed by atoms with E-state index in [-0.39, 0.29) is 11.7 Å². The van der Waals surface area contributed by atoms with Crippen LogP contribution in [0.5, 0.6) is 5.75 Å². The summed E-state index contributed by atoms with van der Waals surface area (Å²) >= 11 is 0. The van der Waals surface area contributed by atoms with Gasteiger partial charge in [-0.05, 0) is 49.3 Å². The highest BCUT2D eigenvalue weighted by atomic mass is 19.1. The third-order valence-corrected chi connectivity index (χ3v) is 4.07. The molecule has 0 aromatic heterocycles. The number of benzene rings is 1. The largest absolute Gasteiger partial charge is 0.494 e. The summed E-state index contributed by atoms with van der Waals surface area (Å²) in [7, 11) is 0. The van der Waals surface area contributed by atoms with Crippen molar-refractivity contribution in [2.45, 2.75) is 19.8 Å². The molecule has 0 bridgehead atoms. The van der Waals surface area contributed by atoms with E-state index >= 15 is 0 Å². The normalized spacial score (nSPS) is 19.6. The molecule has 3 heteroatoms. The third kappa shape index (κ3) is 4.79. The summed E-state index contributed by atoms with van der Waals surface area (Å²) in [5.74, 6) is 0.738. The van der Waals surface area contributed by atoms with Crippen LogP contribution >= 0.6 is 0 Å². The Labute approximate surface area is 142 Å². The lowest BCUT2D eigenvalue weighted by Gasteiger charge is -2.10. The number of allylic oxidation sites excluding steroid dienone is 7. The molecule has 0 saturated heterocycles. The highest BCUT2D eigenvalue weighted by Crippen LogP contribution is 2.18. The second-order valence-electron chi connectivity index (χ2n) is 6.22. The van der Waals surface area contributed by atoms with E-state index in [1.807, 2.05) is 24.3 Å². The van der Waals surface area contributed by atoms with Crippen molar-refractivity contribution in [3.8, 4) is 5.75 Å². The number of halogens is 1. The molecule has 2 aliphatic rings. The van der Waals surface area contributed by atoms with Gasteiger partial charge in [-0.2, -0.15) is 0 Å². The van der Waals surface area contributed by atoms with E-state index < -0.39 is 0 Å². The van der Waals surface area contributed by atoms with Crippen LogP contribution in [0, 0.1) is 5.92 Å². The van der Waals surface area contributed by atoms with Gasteiger partial charge in [0.2, 0.25) is 0 Å². The van der Waals surface area contributed by atoms with E-state index in [2.05, 4.69) is 30.1 Å². The molecule has 1 aromatic rings. The Hall–Kier alpha value is -2.42. The molecule has 3 rings (SSSR count). The van der Waals surface area contributed by atoms with Crippen LogP contribution in [-0.2, 0) is 6.42 Å². The molecule has 0 fully saturated rings. The Balaban J connectivity index is 1.47. The lowest BCUT2D eigenvalue weighted by Crippen LogP contribution is -2.04.